The number of ketones is 1. The minimum absolute atomic E-state index is 0.129. The van der Waals surface area contributed by atoms with Crippen LogP contribution < -0.4 is 0 Å². The molecule has 6 heteroatoms. The van der Waals surface area contributed by atoms with Crippen LogP contribution in [0.5, 0.6) is 0 Å². The van der Waals surface area contributed by atoms with Gasteiger partial charge in [-0.25, -0.2) is 4.79 Å². The van der Waals surface area contributed by atoms with Crippen molar-refractivity contribution in [2.24, 2.45) is 0 Å². The number of nitrogens with zero attached hydrogens (tertiary/aromatic N) is 1. The van der Waals surface area contributed by atoms with Crippen molar-refractivity contribution in [2.45, 2.75) is 6.92 Å². The fraction of sp³-hybridized carbons (Fsp3) is 0.0909. The number of ether oxygens (including phenoxy) is 1. The van der Waals surface area contributed by atoms with Gasteiger partial charge in [-0.15, -0.1) is 0 Å². The molecule has 0 atom stereocenters. The zero-order chi connectivity index (χ0) is 20.1. The maximum atomic E-state index is 12.2. The molecule has 0 bridgehead atoms. The molecule has 6 nitrogen and oxygen atoms in total. The van der Waals surface area contributed by atoms with Crippen molar-refractivity contribution in [1.82, 2.24) is 0 Å². The number of carbonyl (C=O) groups excluding carboxylic acids is 2. The molecule has 0 amide bonds. The zero-order valence-electron chi connectivity index (χ0n) is 15.1. The first-order valence-corrected chi connectivity index (χ1v) is 8.56. The van der Waals surface area contributed by atoms with Crippen LogP contribution in [0.4, 0.5) is 5.69 Å². The molecule has 0 aliphatic rings. The Labute approximate surface area is 161 Å². The van der Waals surface area contributed by atoms with E-state index >= 15 is 0 Å². The highest BCUT2D eigenvalue weighted by Gasteiger charge is 2.17. The minimum Gasteiger partial charge on any atom is -0.454 e. The molecule has 28 heavy (non-hydrogen) atoms. The van der Waals surface area contributed by atoms with Crippen LogP contribution in [0.1, 0.15) is 26.3 Å². The fourth-order valence-corrected chi connectivity index (χ4v) is 2.71. The van der Waals surface area contributed by atoms with Gasteiger partial charge in [0.15, 0.2) is 6.61 Å². The number of hydrogen-bond donors (Lipinski definition) is 0. The number of benzene rings is 3. The molecule has 140 valence electrons. The number of aryl methyl sites for hydroxylation is 1. The third kappa shape index (κ3) is 4.29. The SMILES string of the molecule is Cc1ccc(C(=O)COC(=O)c2ccc(-c3ccccc3)cc2)cc1[N+](=O)[O-]. The largest absolute Gasteiger partial charge is 0.454 e. The van der Waals surface area contributed by atoms with Crippen molar-refractivity contribution in [3.05, 3.63) is 99.6 Å². The van der Waals surface area contributed by atoms with Gasteiger partial charge in [0.2, 0.25) is 5.78 Å². The van der Waals surface area contributed by atoms with Crippen LogP contribution in [0.3, 0.4) is 0 Å². The maximum absolute atomic E-state index is 12.2. The Morgan fingerprint density at radius 3 is 2.14 bits per heavy atom. The molecule has 0 heterocycles. The van der Waals surface area contributed by atoms with Gasteiger partial charge in [0.1, 0.15) is 0 Å². The first-order valence-electron chi connectivity index (χ1n) is 8.56. The Morgan fingerprint density at radius 1 is 0.893 bits per heavy atom. The van der Waals surface area contributed by atoms with Gasteiger partial charge in [-0.05, 0) is 30.2 Å². The van der Waals surface area contributed by atoms with Crippen molar-refractivity contribution >= 4 is 17.4 Å². The second-order valence-electron chi connectivity index (χ2n) is 6.20. The Morgan fingerprint density at radius 2 is 1.50 bits per heavy atom. The summed E-state index contributed by atoms with van der Waals surface area (Å²) in [5.74, 6) is -1.13. The molecule has 0 spiro atoms. The molecule has 0 radical (unpaired) electrons. The fourth-order valence-electron chi connectivity index (χ4n) is 2.71. The summed E-state index contributed by atoms with van der Waals surface area (Å²) in [6.07, 6.45) is 0. The lowest BCUT2D eigenvalue weighted by atomic mass is 10.0. The normalized spacial score (nSPS) is 10.3. The lowest BCUT2D eigenvalue weighted by molar-refractivity contribution is -0.385. The molecule has 0 fully saturated rings. The number of esters is 1. The van der Waals surface area contributed by atoms with Crippen LogP contribution in [0.25, 0.3) is 11.1 Å². The van der Waals surface area contributed by atoms with Crippen molar-refractivity contribution in [1.29, 1.82) is 0 Å². The lowest BCUT2D eigenvalue weighted by Gasteiger charge is -2.06. The molecule has 0 N–H and O–H groups in total. The summed E-state index contributed by atoms with van der Waals surface area (Å²) < 4.78 is 5.06. The van der Waals surface area contributed by atoms with Crippen molar-refractivity contribution < 1.29 is 19.2 Å². The van der Waals surface area contributed by atoms with Gasteiger partial charge in [0.25, 0.3) is 5.69 Å². The summed E-state index contributed by atoms with van der Waals surface area (Å²) in [4.78, 5) is 34.8. The topological polar surface area (TPSA) is 86.5 Å². The van der Waals surface area contributed by atoms with Crippen LogP contribution in [0.15, 0.2) is 72.8 Å². The molecule has 3 rings (SSSR count). The molecule has 3 aromatic rings. The van der Waals surface area contributed by atoms with E-state index in [1.54, 1.807) is 31.2 Å². The maximum Gasteiger partial charge on any atom is 0.338 e. The summed E-state index contributed by atoms with van der Waals surface area (Å²) in [5, 5.41) is 11.0. The molecule has 0 aliphatic heterocycles. The summed E-state index contributed by atoms with van der Waals surface area (Å²) in [5.41, 5.74) is 2.75. The van der Waals surface area contributed by atoms with Gasteiger partial charge in [-0.1, -0.05) is 54.6 Å². The molecule has 0 unspecified atom stereocenters. The van der Waals surface area contributed by atoms with Gasteiger partial charge in [-0.3, -0.25) is 14.9 Å². The number of carbonyl (C=O) groups is 2. The number of rotatable bonds is 6. The Kier molecular flexibility index (Phi) is 5.60. The van der Waals surface area contributed by atoms with Crippen molar-refractivity contribution in [2.75, 3.05) is 6.61 Å². The third-order valence-electron chi connectivity index (χ3n) is 4.29. The van der Waals surface area contributed by atoms with E-state index in [1.165, 1.54) is 18.2 Å². The summed E-state index contributed by atoms with van der Waals surface area (Å²) in [6, 6.07) is 20.8. The smallest absolute Gasteiger partial charge is 0.338 e. The second kappa shape index (κ2) is 8.26. The number of nitro groups is 1. The second-order valence-corrected chi connectivity index (χ2v) is 6.20. The van der Waals surface area contributed by atoms with Crippen molar-refractivity contribution in [3.8, 4) is 11.1 Å². The zero-order valence-corrected chi connectivity index (χ0v) is 15.1. The summed E-state index contributed by atoms with van der Waals surface area (Å²) in [7, 11) is 0. The minimum atomic E-state index is -0.630. The summed E-state index contributed by atoms with van der Waals surface area (Å²) in [6.45, 7) is 1.10. The van der Waals surface area contributed by atoms with E-state index < -0.39 is 23.3 Å². The first-order chi connectivity index (χ1) is 13.5. The quantitative estimate of drug-likeness (QED) is 0.272. The third-order valence-corrected chi connectivity index (χ3v) is 4.29. The average Bonchev–Trinajstić information content (AvgIpc) is 2.72. The Balaban J connectivity index is 1.65. The Hall–Kier alpha value is -3.80. The highest BCUT2D eigenvalue weighted by atomic mass is 16.6. The molecule has 0 saturated carbocycles. The van der Waals surface area contributed by atoms with Crippen LogP contribution in [0, 0.1) is 17.0 Å². The number of nitro benzene ring substituents is 1. The summed E-state index contributed by atoms with van der Waals surface area (Å²) >= 11 is 0. The Bertz CT molecular complexity index is 1030. The average molecular weight is 375 g/mol. The van der Waals surface area contributed by atoms with E-state index in [1.807, 2.05) is 30.3 Å². The van der Waals surface area contributed by atoms with Crippen LogP contribution in [-0.4, -0.2) is 23.3 Å². The van der Waals surface area contributed by atoms with Gasteiger partial charge in [-0.2, -0.15) is 0 Å². The van der Waals surface area contributed by atoms with E-state index in [0.717, 1.165) is 11.1 Å². The van der Waals surface area contributed by atoms with E-state index in [4.69, 9.17) is 4.74 Å². The van der Waals surface area contributed by atoms with Crippen LogP contribution >= 0.6 is 0 Å². The van der Waals surface area contributed by atoms with E-state index in [-0.39, 0.29) is 11.3 Å². The molecule has 0 aliphatic carbocycles. The van der Waals surface area contributed by atoms with Gasteiger partial charge in [0.05, 0.1) is 10.5 Å². The monoisotopic (exact) mass is 375 g/mol. The standard InChI is InChI=1S/C22H17NO5/c1-15-7-8-19(13-20(15)23(26)27)21(24)14-28-22(25)18-11-9-17(10-12-18)16-5-3-2-4-6-16/h2-13H,14H2,1H3. The molecule has 0 aromatic heterocycles. The predicted molar refractivity (Wildman–Crippen MR) is 104 cm³/mol. The lowest BCUT2D eigenvalue weighted by Crippen LogP contribution is -2.14. The van der Waals surface area contributed by atoms with Crippen LogP contribution in [0.2, 0.25) is 0 Å². The van der Waals surface area contributed by atoms with Crippen molar-refractivity contribution in [3.63, 3.8) is 0 Å². The van der Waals surface area contributed by atoms with Gasteiger partial charge >= 0.3 is 5.97 Å². The molecule has 0 saturated heterocycles. The first kappa shape index (κ1) is 19.0. The highest BCUT2D eigenvalue weighted by molar-refractivity contribution is 6.00. The highest BCUT2D eigenvalue weighted by Crippen LogP contribution is 2.21. The predicted octanol–water partition coefficient (Wildman–Crippen LogP) is 4.61. The number of hydrogen-bond acceptors (Lipinski definition) is 5. The number of Topliss-reactive ketones (excluding diaryl/α,β-unsaturated/α-hetero) is 1. The molecular formula is C22H17NO5. The van der Waals surface area contributed by atoms with Gasteiger partial charge in [0, 0.05) is 17.2 Å². The van der Waals surface area contributed by atoms with E-state index in [0.29, 0.717) is 11.1 Å². The molecule has 3 aromatic carbocycles. The van der Waals surface area contributed by atoms with Gasteiger partial charge < -0.3 is 4.74 Å². The van der Waals surface area contributed by atoms with E-state index in [2.05, 4.69) is 0 Å². The van der Waals surface area contributed by atoms with Crippen LogP contribution in [-0.2, 0) is 4.74 Å². The molecular weight excluding hydrogens is 358 g/mol. The van der Waals surface area contributed by atoms with E-state index in [9.17, 15) is 19.7 Å².